The van der Waals surface area contributed by atoms with E-state index >= 15 is 0 Å². The lowest BCUT2D eigenvalue weighted by molar-refractivity contribution is -0.139. The molecule has 0 aromatic heterocycles. The molecule has 0 bridgehead atoms. The average molecular weight is 264 g/mol. The zero-order valence-corrected chi connectivity index (χ0v) is 10.6. The van der Waals surface area contributed by atoms with Crippen LogP contribution in [-0.2, 0) is 23.8 Å². The summed E-state index contributed by atoms with van der Waals surface area (Å²) in [5.41, 5.74) is 0.339. The molecule has 0 aromatic carbocycles. The van der Waals surface area contributed by atoms with E-state index < -0.39 is 28.3 Å². The van der Waals surface area contributed by atoms with Gasteiger partial charge in [0.15, 0.2) is 0 Å². The minimum Gasteiger partial charge on any atom is -0.463 e. The summed E-state index contributed by atoms with van der Waals surface area (Å²) in [5.74, 6) is -0.499. The van der Waals surface area contributed by atoms with Gasteiger partial charge in [-0.05, 0) is 13.3 Å². The van der Waals surface area contributed by atoms with Crippen LogP contribution in [0.3, 0.4) is 0 Å². The summed E-state index contributed by atoms with van der Waals surface area (Å²) in [6.45, 7) is 1.93. The molecule has 0 aliphatic heterocycles. The second kappa shape index (κ2) is 5.61. The van der Waals surface area contributed by atoms with Crippen molar-refractivity contribution >= 4 is 16.1 Å². The van der Waals surface area contributed by atoms with E-state index in [2.05, 4.69) is 0 Å². The Morgan fingerprint density at radius 1 is 1.59 bits per heavy atom. The number of ether oxygens (including phenoxy) is 1. The van der Waals surface area contributed by atoms with Gasteiger partial charge in [-0.15, -0.1) is 0 Å². The molecular formula is C10H16O6S. The molecule has 6 nitrogen and oxygen atoms in total. The van der Waals surface area contributed by atoms with Gasteiger partial charge in [-0.25, -0.2) is 4.79 Å². The summed E-state index contributed by atoms with van der Waals surface area (Å²) in [5, 5.41) is 9.58. The van der Waals surface area contributed by atoms with Crippen LogP contribution in [-0.4, -0.2) is 44.6 Å². The quantitative estimate of drug-likeness (QED) is 0.566. The normalized spacial score (nSPS) is 25.2. The van der Waals surface area contributed by atoms with Crippen LogP contribution < -0.4 is 0 Å². The van der Waals surface area contributed by atoms with E-state index in [4.69, 9.17) is 8.92 Å². The van der Waals surface area contributed by atoms with Crippen LogP contribution in [0.5, 0.6) is 0 Å². The zero-order valence-electron chi connectivity index (χ0n) is 9.75. The highest BCUT2D eigenvalue weighted by molar-refractivity contribution is 7.86. The van der Waals surface area contributed by atoms with Crippen molar-refractivity contribution in [2.45, 2.75) is 32.0 Å². The molecule has 1 aliphatic rings. The molecule has 2 atom stereocenters. The fourth-order valence-electron chi connectivity index (χ4n) is 1.56. The third kappa shape index (κ3) is 4.45. The summed E-state index contributed by atoms with van der Waals surface area (Å²) in [7, 11) is -3.66. The highest BCUT2D eigenvalue weighted by Crippen LogP contribution is 2.23. The Morgan fingerprint density at radius 3 is 2.76 bits per heavy atom. The van der Waals surface area contributed by atoms with Crippen molar-refractivity contribution < 1.29 is 27.2 Å². The van der Waals surface area contributed by atoms with E-state index in [1.165, 1.54) is 0 Å². The Labute approximate surface area is 100 Å². The van der Waals surface area contributed by atoms with Crippen LogP contribution in [0.15, 0.2) is 11.6 Å². The maximum Gasteiger partial charge on any atom is 0.333 e. The van der Waals surface area contributed by atoms with Gasteiger partial charge in [-0.2, -0.15) is 8.42 Å². The second-order valence-corrected chi connectivity index (χ2v) is 5.40. The highest BCUT2D eigenvalue weighted by Gasteiger charge is 2.30. The van der Waals surface area contributed by atoms with E-state index in [1.54, 1.807) is 13.0 Å². The molecule has 1 N–H and O–H groups in total. The van der Waals surface area contributed by atoms with Gasteiger partial charge >= 0.3 is 5.97 Å². The van der Waals surface area contributed by atoms with E-state index in [0.717, 1.165) is 6.26 Å². The highest BCUT2D eigenvalue weighted by atomic mass is 32.2. The number of rotatable bonds is 4. The fraction of sp³-hybridized carbons (Fsp3) is 0.700. The fourth-order valence-corrected chi connectivity index (χ4v) is 2.21. The zero-order chi connectivity index (χ0) is 13.1. The third-order valence-corrected chi connectivity index (χ3v) is 2.89. The van der Waals surface area contributed by atoms with Crippen LogP contribution in [0.2, 0.25) is 0 Å². The summed E-state index contributed by atoms with van der Waals surface area (Å²) in [6.07, 6.45) is 0.811. The summed E-state index contributed by atoms with van der Waals surface area (Å²) >= 11 is 0. The van der Waals surface area contributed by atoms with Gasteiger partial charge in [0, 0.05) is 12.0 Å². The maximum absolute atomic E-state index is 11.4. The monoisotopic (exact) mass is 264 g/mol. The van der Waals surface area contributed by atoms with E-state index in [9.17, 15) is 18.3 Å². The first kappa shape index (κ1) is 14.1. The lowest BCUT2D eigenvalue weighted by Gasteiger charge is -2.25. The molecule has 0 saturated carbocycles. The summed E-state index contributed by atoms with van der Waals surface area (Å²) in [4.78, 5) is 11.4. The number of hydrogen-bond acceptors (Lipinski definition) is 6. The molecular weight excluding hydrogens is 248 g/mol. The summed E-state index contributed by atoms with van der Waals surface area (Å²) < 4.78 is 31.5. The largest absolute Gasteiger partial charge is 0.463 e. The second-order valence-electron chi connectivity index (χ2n) is 3.80. The standard InChI is InChI=1S/C10H16O6S/c1-3-15-10(12)7-4-5-8(11)9(6-7)16-17(2,13)14/h4,8-9,11H,3,5-6H2,1-2H3/t8-,9-/m1/s1. The maximum atomic E-state index is 11.4. The smallest absolute Gasteiger partial charge is 0.333 e. The Hall–Kier alpha value is -0.920. The third-order valence-electron chi connectivity index (χ3n) is 2.29. The lowest BCUT2D eigenvalue weighted by Crippen LogP contribution is -2.35. The minimum atomic E-state index is -3.66. The van der Waals surface area contributed by atoms with E-state index in [1.807, 2.05) is 0 Å². The van der Waals surface area contributed by atoms with Gasteiger partial charge in [-0.3, -0.25) is 4.18 Å². The Kier molecular flexibility index (Phi) is 4.67. The van der Waals surface area contributed by atoms with Crippen molar-refractivity contribution in [2.24, 2.45) is 0 Å². The van der Waals surface area contributed by atoms with Crippen LogP contribution in [0.25, 0.3) is 0 Å². The molecule has 1 rings (SSSR count). The van der Waals surface area contributed by atoms with Crippen LogP contribution >= 0.6 is 0 Å². The molecule has 98 valence electrons. The van der Waals surface area contributed by atoms with Crippen molar-refractivity contribution in [3.05, 3.63) is 11.6 Å². The molecule has 0 amide bonds. The van der Waals surface area contributed by atoms with Gasteiger partial charge in [0.2, 0.25) is 0 Å². The van der Waals surface area contributed by atoms with Crippen molar-refractivity contribution in [3.63, 3.8) is 0 Å². The van der Waals surface area contributed by atoms with Crippen molar-refractivity contribution in [1.29, 1.82) is 0 Å². The van der Waals surface area contributed by atoms with Crippen molar-refractivity contribution in [3.8, 4) is 0 Å². The van der Waals surface area contributed by atoms with Gasteiger partial charge in [0.25, 0.3) is 10.1 Å². The predicted molar refractivity (Wildman–Crippen MR) is 59.7 cm³/mol. The predicted octanol–water partition coefficient (Wildman–Crippen LogP) is -0.0246. The Morgan fingerprint density at radius 2 is 2.24 bits per heavy atom. The SMILES string of the molecule is CCOC(=O)C1=CC[C@@H](O)[C@H](OS(C)(=O)=O)C1. The molecule has 0 aromatic rings. The van der Waals surface area contributed by atoms with Gasteiger partial charge in [0.1, 0.15) is 6.10 Å². The molecule has 0 spiro atoms. The number of carbonyl (C=O) groups is 1. The van der Waals surface area contributed by atoms with E-state index in [0.29, 0.717) is 5.57 Å². The molecule has 7 heteroatoms. The molecule has 17 heavy (non-hydrogen) atoms. The molecule has 0 fully saturated rings. The van der Waals surface area contributed by atoms with Gasteiger partial charge in [0.05, 0.1) is 19.0 Å². The van der Waals surface area contributed by atoms with Crippen LogP contribution in [0.1, 0.15) is 19.8 Å². The summed E-state index contributed by atoms with van der Waals surface area (Å²) in [6, 6.07) is 0. The molecule has 0 saturated heterocycles. The molecule has 0 heterocycles. The Balaban J connectivity index is 2.72. The number of esters is 1. The van der Waals surface area contributed by atoms with Crippen molar-refractivity contribution in [2.75, 3.05) is 12.9 Å². The Bertz CT molecular complexity index is 411. The number of hydrogen-bond donors (Lipinski definition) is 1. The topological polar surface area (TPSA) is 89.9 Å². The van der Waals surface area contributed by atoms with Gasteiger partial charge < -0.3 is 9.84 Å². The molecule has 0 unspecified atom stereocenters. The minimum absolute atomic E-state index is 0.0348. The molecule has 0 radical (unpaired) electrons. The van der Waals surface area contributed by atoms with Crippen LogP contribution in [0, 0.1) is 0 Å². The first-order valence-electron chi connectivity index (χ1n) is 5.26. The van der Waals surface area contributed by atoms with E-state index in [-0.39, 0.29) is 19.4 Å². The molecule has 1 aliphatic carbocycles. The van der Waals surface area contributed by atoms with Crippen LogP contribution in [0.4, 0.5) is 0 Å². The number of aliphatic hydroxyl groups is 1. The number of aliphatic hydroxyl groups excluding tert-OH is 1. The average Bonchev–Trinajstić information content (AvgIpc) is 2.19. The van der Waals surface area contributed by atoms with Gasteiger partial charge in [-0.1, -0.05) is 6.08 Å². The first-order chi connectivity index (χ1) is 7.83. The lowest BCUT2D eigenvalue weighted by atomic mass is 9.94. The van der Waals surface area contributed by atoms with Crippen molar-refractivity contribution in [1.82, 2.24) is 0 Å². The first-order valence-corrected chi connectivity index (χ1v) is 7.07. The number of carbonyl (C=O) groups excluding carboxylic acids is 1.